The highest BCUT2D eigenvalue weighted by Crippen LogP contribution is 2.34. The summed E-state index contributed by atoms with van der Waals surface area (Å²) in [7, 11) is 0. The van der Waals surface area contributed by atoms with Crippen LogP contribution in [0.3, 0.4) is 0 Å². The molecule has 2 aromatic rings. The quantitative estimate of drug-likeness (QED) is 0.592. The third kappa shape index (κ3) is 3.82. The summed E-state index contributed by atoms with van der Waals surface area (Å²) in [5.41, 5.74) is 3.91. The van der Waals surface area contributed by atoms with E-state index >= 15 is 0 Å². The summed E-state index contributed by atoms with van der Waals surface area (Å²) in [6, 6.07) is 7.52. The number of hydrogen-bond donors (Lipinski definition) is 0. The molecule has 3 rings (SSSR count). The van der Waals surface area contributed by atoms with Crippen molar-refractivity contribution >= 4 is 52.1 Å². The maximum absolute atomic E-state index is 12.7. The number of benzene rings is 1. The Bertz CT molecular complexity index is 962. The highest BCUT2D eigenvalue weighted by atomic mass is 35.5. The SMILES string of the molecule is CCN=C1S/C(=C\c2cc(C)n(-c3ccc(Cl)cc3Cl)c2C)C(=O)N1CC. The molecule has 0 saturated carbocycles. The van der Waals surface area contributed by atoms with Crippen LogP contribution in [0, 0.1) is 13.8 Å². The Kier molecular flexibility index (Phi) is 6.04. The van der Waals surface area contributed by atoms with E-state index in [0.29, 0.717) is 28.0 Å². The molecule has 1 aromatic carbocycles. The van der Waals surface area contributed by atoms with Gasteiger partial charge in [0.15, 0.2) is 5.17 Å². The van der Waals surface area contributed by atoms with Crippen LogP contribution >= 0.6 is 35.0 Å². The topological polar surface area (TPSA) is 37.6 Å². The second kappa shape index (κ2) is 8.13. The van der Waals surface area contributed by atoms with Crippen molar-refractivity contribution in [3.8, 4) is 5.69 Å². The van der Waals surface area contributed by atoms with Crippen LogP contribution in [0.15, 0.2) is 34.2 Å². The zero-order valence-corrected chi connectivity index (χ0v) is 18.0. The zero-order chi connectivity index (χ0) is 19.7. The summed E-state index contributed by atoms with van der Waals surface area (Å²) in [5, 5.41) is 1.96. The van der Waals surface area contributed by atoms with Crippen LogP contribution in [0.25, 0.3) is 11.8 Å². The Balaban J connectivity index is 2.04. The lowest BCUT2D eigenvalue weighted by atomic mass is 10.2. The second-order valence-corrected chi connectivity index (χ2v) is 8.03. The molecule has 0 unspecified atom stereocenters. The average molecular weight is 422 g/mol. The summed E-state index contributed by atoms with van der Waals surface area (Å²) in [6.45, 7) is 9.24. The first kappa shape index (κ1) is 20.1. The van der Waals surface area contributed by atoms with Crippen molar-refractivity contribution in [2.24, 2.45) is 4.99 Å². The van der Waals surface area contributed by atoms with Crippen molar-refractivity contribution < 1.29 is 4.79 Å². The lowest BCUT2D eigenvalue weighted by Crippen LogP contribution is -2.28. The van der Waals surface area contributed by atoms with Gasteiger partial charge in [-0.25, -0.2) is 0 Å². The highest BCUT2D eigenvalue weighted by molar-refractivity contribution is 8.18. The van der Waals surface area contributed by atoms with Gasteiger partial charge in [-0.05, 0) is 75.4 Å². The van der Waals surface area contributed by atoms with Crippen LogP contribution in [0.1, 0.15) is 30.8 Å². The Morgan fingerprint density at radius 2 is 1.93 bits per heavy atom. The molecule has 1 aliphatic heterocycles. The van der Waals surface area contributed by atoms with Crippen molar-refractivity contribution in [2.75, 3.05) is 13.1 Å². The number of amidine groups is 1. The maximum Gasteiger partial charge on any atom is 0.266 e. The summed E-state index contributed by atoms with van der Waals surface area (Å²) < 4.78 is 2.08. The molecule has 0 aliphatic carbocycles. The molecule has 7 heteroatoms. The van der Waals surface area contributed by atoms with Crippen LogP contribution in [-0.2, 0) is 4.79 Å². The van der Waals surface area contributed by atoms with E-state index in [9.17, 15) is 4.79 Å². The van der Waals surface area contributed by atoms with E-state index < -0.39 is 0 Å². The van der Waals surface area contributed by atoms with E-state index in [4.69, 9.17) is 23.2 Å². The van der Waals surface area contributed by atoms with E-state index in [1.54, 1.807) is 11.0 Å². The lowest BCUT2D eigenvalue weighted by molar-refractivity contribution is -0.122. The number of hydrogen-bond acceptors (Lipinski definition) is 3. The molecule has 0 bridgehead atoms. The standard InChI is InChI=1S/C20H21Cl2N3OS/c1-5-23-20-24(6-2)19(26)18(27-20)10-14-9-12(3)25(13(14)4)17-8-7-15(21)11-16(17)22/h7-11H,5-6H2,1-4H3/b18-10-,23-20?. The largest absolute Gasteiger partial charge is 0.316 e. The Morgan fingerprint density at radius 1 is 1.19 bits per heavy atom. The van der Waals surface area contributed by atoms with E-state index in [0.717, 1.165) is 27.8 Å². The van der Waals surface area contributed by atoms with Crippen LogP contribution in [0.4, 0.5) is 0 Å². The van der Waals surface area contributed by atoms with Gasteiger partial charge in [-0.1, -0.05) is 23.2 Å². The van der Waals surface area contributed by atoms with Gasteiger partial charge in [0.25, 0.3) is 5.91 Å². The molecule has 1 aromatic heterocycles. The van der Waals surface area contributed by atoms with Gasteiger partial charge in [-0.15, -0.1) is 0 Å². The fourth-order valence-corrected chi connectivity index (χ4v) is 4.74. The number of halogens is 2. The predicted molar refractivity (Wildman–Crippen MR) is 116 cm³/mol. The summed E-state index contributed by atoms with van der Waals surface area (Å²) in [4.78, 5) is 19.5. The number of carbonyl (C=O) groups excluding carboxylic acids is 1. The number of amides is 1. The molecule has 0 radical (unpaired) electrons. The first-order valence-corrected chi connectivity index (χ1v) is 10.3. The monoisotopic (exact) mass is 421 g/mol. The van der Waals surface area contributed by atoms with Crippen molar-refractivity contribution in [1.29, 1.82) is 0 Å². The van der Waals surface area contributed by atoms with Gasteiger partial charge in [0, 0.05) is 29.5 Å². The van der Waals surface area contributed by atoms with Crippen LogP contribution < -0.4 is 0 Å². The van der Waals surface area contributed by atoms with Crippen LogP contribution in [-0.4, -0.2) is 33.6 Å². The third-order valence-corrected chi connectivity index (χ3v) is 5.99. The molecule has 1 saturated heterocycles. The summed E-state index contributed by atoms with van der Waals surface area (Å²) >= 11 is 13.9. The molecule has 1 amide bonds. The number of nitrogens with zero attached hydrogens (tertiary/aromatic N) is 3. The fraction of sp³-hybridized carbons (Fsp3) is 0.300. The van der Waals surface area contributed by atoms with Gasteiger partial charge < -0.3 is 4.57 Å². The molecule has 1 fully saturated rings. The van der Waals surface area contributed by atoms with Crippen LogP contribution in [0.5, 0.6) is 0 Å². The number of carbonyl (C=O) groups is 1. The van der Waals surface area contributed by atoms with Gasteiger partial charge in [0.1, 0.15) is 0 Å². The van der Waals surface area contributed by atoms with Gasteiger partial charge >= 0.3 is 0 Å². The fourth-order valence-electron chi connectivity index (χ4n) is 3.15. The number of thioether (sulfide) groups is 1. The first-order chi connectivity index (χ1) is 12.9. The molecule has 0 atom stereocenters. The molecule has 2 heterocycles. The number of rotatable bonds is 4. The minimum atomic E-state index is 0.00373. The minimum Gasteiger partial charge on any atom is -0.316 e. The van der Waals surface area contributed by atoms with E-state index in [1.807, 2.05) is 45.9 Å². The summed E-state index contributed by atoms with van der Waals surface area (Å²) in [5.74, 6) is 0.00373. The summed E-state index contributed by atoms with van der Waals surface area (Å²) in [6.07, 6.45) is 1.94. The van der Waals surface area contributed by atoms with Crippen molar-refractivity contribution in [3.63, 3.8) is 0 Å². The van der Waals surface area contributed by atoms with E-state index in [2.05, 4.69) is 15.6 Å². The smallest absolute Gasteiger partial charge is 0.266 e. The van der Waals surface area contributed by atoms with E-state index in [1.165, 1.54) is 11.8 Å². The second-order valence-electron chi connectivity index (χ2n) is 6.17. The minimum absolute atomic E-state index is 0.00373. The first-order valence-electron chi connectivity index (χ1n) is 8.77. The molecule has 4 nitrogen and oxygen atoms in total. The maximum atomic E-state index is 12.7. The molecule has 0 N–H and O–H groups in total. The highest BCUT2D eigenvalue weighted by Gasteiger charge is 2.32. The normalized spacial score (nSPS) is 17.6. The van der Waals surface area contributed by atoms with Crippen molar-refractivity contribution in [3.05, 3.63) is 56.2 Å². The Hall–Kier alpha value is -1.69. The average Bonchev–Trinajstić information content (AvgIpc) is 3.05. The number of aliphatic imine (C=N–C) groups is 1. The van der Waals surface area contributed by atoms with Gasteiger partial charge in [0.05, 0.1) is 15.6 Å². The predicted octanol–water partition coefficient (Wildman–Crippen LogP) is 5.71. The van der Waals surface area contributed by atoms with Gasteiger partial charge in [0.2, 0.25) is 0 Å². The Morgan fingerprint density at radius 3 is 2.56 bits per heavy atom. The molecular formula is C20H21Cl2N3OS. The van der Waals surface area contributed by atoms with Gasteiger partial charge in [-0.2, -0.15) is 0 Å². The molecule has 27 heavy (non-hydrogen) atoms. The van der Waals surface area contributed by atoms with Crippen molar-refractivity contribution in [2.45, 2.75) is 27.7 Å². The molecular weight excluding hydrogens is 401 g/mol. The van der Waals surface area contributed by atoms with E-state index in [-0.39, 0.29) is 5.91 Å². The zero-order valence-electron chi connectivity index (χ0n) is 15.7. The third-order valence-electron chi connectivity index (χ3n) is 4.41. The molecule has 142 valence electrons. The number of aromatic nitrogens is 1. The van der Waals surface area contributed by atoms with Crippen LogP contribution in [0.2, 0.25) is 10.0 Å². The lowest BCUT2D eigenvalue weighted by Gasteiger charge is -2.12. The van der Waals surface area contributed by atoms with Gasteiger partial charge in [-0.3, -0.25) is 14.7 Å². The Labute approximate surface area is 173 Å². The van der Waals surface area contributed by atoms with Crippen molar-refractivity contribution in [1.82, 2.24) is 9.47 Å². The molecule has 0 spiro atoms. The number of likely N-dealkylation sites (N-methyl/N-ethyl adjacent to an activating group) is 1. The molecule has 1 aliphatic rings. The number of aryl methyl sites for hydroxylation is 1.